The number of aromatic carboxylic acids is 1. The van der Waals surface area contributed by atoms with E-state index in [1.165, 1.54) is 6.07 Å². The standard InChI is InChI=1S/C10H9ClN2O2/c1-2-13-8-5-6(10(14)15)3-4-7(8)9(11)12-13/h3-5H,2H2,1H3,(H,14,15). The molecular weight excluding hydrogens is 216 g/mol. The minimum atomic E-state index is -0.947. The fourth-order valence-corrected chi connectivity index (χ4v) is 1.76. The zero-order valence-electron chi connectivity index (χ0n) is 8.07. The molecule has 2 aromatic rings. The van der Waals surface area contributed by atoms with Gasteiger partial charge in [-0.05, 0) is 25.1 Å². The molecule has 0 spiro atoms. The van der Waals surface area contributed by atoms with Crippen molar-refractivity contribution in [3.63, 3.8) is 0 Å². The van der Waals surface area contributed by atoms with Gasteiger partial charge in [0.05, 0.1) is 11.1 Å². The maximum absolute atomic E-state index is 10.8. The van der Waals surface area contributed by atoms with Crippen molar-refractivity contribution in [2.45, 2.75) is 13.5 Å². The molecule has 0 radical (unpaired) electrons. The van der Waals surface area contributed by atoms with Gasteiger partial charge in [-0.15, -0.1) is 0 Å². The van der Waals surface area contributed by atoms with Crippen LogP contribution in [0.15, 0.2) is 18.2 Å². The summed E-state index contributed by atoms with van der Waals surface area (Å²) in [5, 5.41) is 14.1. The summed E-state index contributed by atoms with van der Waals surface area (Å²) in [6.07, 6.45) is 0. The Morgan fingerprint density at radius 2 is 2.33 bits per heavy atom. The second-order valence-corrected chi connectivity index (χ2v) is 3.50. The Bertz CT molecular complexity index is 533. The van der Waals surface area contributed by atoms with Crippen molar-refractivity contribution in [1.29, 1.82) is 0 Å². The van der Waals surface area contributed by atoms with Crippen LogP contribution in [-0.2, 0) is 6.54 Å². The highest BCUT2D eigenvalue weighted by atomic mass is 35.5. The summed E-state index contributed by atoms with van der Waals surface area (Å²) in [5.41, 5.74) is 0.996. The Labute approximate surface area is 91.1 Å². The van der Waals surface area contributed by atoms with Crippen LogP contribution >= 0.6 is 11.6 Å². The lowest BCUT2D eigenvalue weighted by Gasteiger charge is -1.99. The highest BCUT2D eigenvalue weighted by Crippen LogP contribution is 2.23. The van der Waals surface area contributed by atoms with Crippen molar-refractivity contribution >= 4 is 28.5 Å². The zero-order valence-corrected chi connectivity index (χ0v) is 8.82. The molecule has 1 aromatic carbocycles. The zero-order chi connectivity index (χ0) is 11.0. The number of hydrogen-bond donors (Lipinski definition) is 1. The van der Waals surface area contributed by atoms with Gasteiger partial charge in [-0.25, -0.2) is 4.79 Å². The maximum atomic E-state index is 10.8. The number of carboxylic acid groups (broad SMARTS) is 1. The van der Waals surface area contributed by atoms with Crippen LogP contribution in [0.4, 0.5) is 0 Å². The quantitative estimate of drug-likeness (QED) is 0.852. The first-order chi connectivity index (χ1) is 7.13. The minimum Gasteiger partial charge on any atom is -0.478 e. The van der Waals surface area contributed by atoms with Crippen LogP contribution in [0.1, 0.15) is 17.3 Å². The molecule has 1 aromatic heterocycles. The van der Waals surface area contributed by atoms with Crippen LogP contribution in [0.25, 0.3) is 10.9 Å². The fraction of sp³-hybridized carbons (Fsp3) is 0.200. The van der Waals surface area contributed by atoms with Crippen molar-refractivity contribution in [1.82, 2.24) is 9.78 Å². The van der Waals surface area contributed by atoms with Crippen molar-refractivity contribution < 1.29 is 9.90 Å². The summed E-state index contributed by atoms with van der Waals surface area (Å²) in [7, 11) is 0. The SMILES string of the molecule is CCn1nc(Cl)c2ccc(C(=O)O)cc21. The number of fused-ring (bicyclic) bond motifs is 1. The van der Waals surface area contributed by atoms with E-state index in [4.69, 9.17) is 16.7 Å². The lowest BCUT2D eigenvalue weighted by Crippen LogP contribution is -1.99. The summed E-state index contributed by atoms with van der Waals surface area (Å²) >= 11 is 5.91. The van der Waals surface area contributed by atoms with Crippen LogP contribution in [0, 0.1) is 0 Å². The first-order valence-corrected chi connectivity index (χ1v) is 4.90. The van der Waals surface area contributed by atoms with Gasteiger partial charge in [0.25, 0.3) is 0 Å². The molecule has 0 unspecified atom stereocenters. The second kappa shape index (κ2) is 3.55. The van der Waals surface area contributed by atoms with Gasteiger partial charge in [0.1, 0.15) is 0 Å². The molecule has 5 heteroatoms. The van der Waals surface area contributed by atoms with E-state index in [0.29, 0.717) is 11.7 Å². The molecular formula is C10H9ClN2O2. The number of hydrogen-bond acceptors (Lipinski definition) is 2. The number of nitrogens with zero attached hydrogens (tertiary/aromatic N) is 2. The second-order valence-electron chi connectivity index (χ2n) is 3.14. The number of aromatic nitrogens is 2. The lowest BCUT2D eigenvalue weighted by atomic mass is 10.2. The average Bonchev–Trinajstić information content (AvgIpc) is 2.55. The van der Waals surface area contributed by atoms with Crippen molar-refractivity contribution in [3.05, 3.63) is 28.9 Å². The molecule has 0 fully saturated rings. The van der Waals surface area contributed by atoms with Crippen molar-refractivity contribution in [2.75, 3.05) is 0 Å². The molecule has 0 aliphatic carbocycles. The van der Waals surface area contributed by atoms with Crippen LogP contribution in [0.5, 0.6) is 0 Å². The molecule has 0 saturated carbocycles. The van der Waals surface area contributed by atoms with E-state index in [2.05, 4.69) is 5.10 Å². The molecule has 0 atom stereocenters. The predicted molar refractivity (Wildman–Crippen MR) is 57.4 cm³/mol. The Balaban J connectivity index is 2.73. The molecule has 1 heterocycles. The number of carboxylic acids is 1. The summed E-state index contributed by atoms with van der Waals surface area (Å²) in [5.74, 6) is -0.947. The molecule has 0 aliphatic heterocycles. The van der Waals surface area contributed by atoms with E-state index >= 15 is 0 Å². The van der Waals surface area contributed by atoms with Gasteiger partial charge in [-0.1, -0.05) is 11.6 Å². The van der Waals surface area contributed by atoms with E-state index in [-0.39, 0.29) is 5.56 Å². The van der Waals surface area contributed by atoms with Crippen LogP contribution in [0.3, 0.4) is 0 Å². The van der Waals surface area contributed by atoms with Crippen LogP contribution in [0.2, 0.25) is 5.15 Å². The Morgan fingerprint density at radius 3 is 2.93 bits per heavy atom. The largest absolute Gasteiger partial charge is 0.478 e. The van der Waals surface area contributed by atoms with Gasteiger partial charge in [-0.2, -0.15) is 5.10 Å². The molecule has 0 saturated heterocycles. The van der Waals surface area contributed by atoms with E-state index < -0.39 is 5.97 Å². The molecule has 1 N–H and O–H groups in total. The third-order valence-corrected chi connectivity index (χ3v) is 2.53. The van der Waals surface area contributed by atoms with Gasteiger partial charge >= 0.3 is 5.97 Å². The monoisotopic (exact) mass is 224 g/mol. The number of carbonyl (C=O) groups is 1. The van der Waals surface area contributed by atoms with Gasteiger partial charge < -0.3 is 5.11 Å². The van der Waals surface area contributed by atoms with Crippen molar-refractivity contribution in [3.8, 4) is 0 Å². The van der Waals surface area contributed by atoms with Gasteiger partial charge in [0, 0.05) is 11.9 Å². The van der Waals surface area contributed by atoms with E-state index in [9.17, 15) is 4.79 Å². The summed E-state index contributed by atoms with van der Waals surface area (Å²) in [6, 6.07) is 4.79. The first-order valence-electron chi connectivity index (χ1n) is 4.53. The maximum Gasteiger partial charge on any atom is 0.335 e. The normalized spacial score (nSPS) is 10.8. The molecule has 0 bridgehead atoms. The molecule has 0 amide bonds. The number of halogens is 1. The fourth-order valence-electron chi connectivity index (χ4n) is 1.51. The predicted octanol–water partition coefficient (Wildman–Crippen LogP) is 2.41. The molecule has 4 nitrogen and oxygen atoms in total. The Hall–Kier alpha value is -1.55. The van der Waals surface area contributed by atoms with Crippen LogP contribution < -0.4 is 0 Å². The van der Waals surface area contributed by atoms with Gasteiger partial charge in [0.2, 0.25) is 0 Å². The summed E-state index contributed by atoms with van der Waals surface area (Å²) < 4.78 is 1.68. The van der Waals surface area contributed by atoms with Gasteiger partial charge in [-0.3, -0.25) is 4.68 Å². The summed E-state index contributed by atoms with van der Waals surface area (Å²) in [4.78, 5) is 10.8. The smallest absolute Gasteiger partial charge is 0.335 e. The third-order valence-electron chi connectivity index (χ3n) is 2.25. The molecule has 78 valence electrons. The number of benzene rings is 1. The van der Waals surface area contributed by atoms with Crippen molar-refractivity contribution in [2.24, 2.45) is 0 Å². The Morgan fingerprint density at radius 1 is 1.60 bits per heavy atom. The minimum absolute atomic E-state index is 0.244. The van der Waals surface area contributed by atoms with E-state index in [0.717, 1.165) is 10.9 Å². The average molecular weight is 225 g/mol. The molecule has 2 rings (SSSR count). The number of rotatable bonds is 2. The van der Waals surface area contributed by atoms with Gasteiger partial charge in [0.15, 0.2) is 5.15 Å². The van der Waals surface area contributed by atoms with E-state index in [1.54, 1.807) is 16.8 Å². The first kappa shape index (κ1) is 9.98. The summed E-state index contributed by atoms with van der Waals surface area (Å²) in [6.45, 7) is 2.59. The topological polar surface area (TPSA) is 55.1 Å². The molecule has 15 heavy (non-hydrogen) atoms. The highest BCUT2D eigenvalue weighted by Gasteiger charge is 2.10. The highest BCUT2D eigenvalue weighted by molar-refractivity contribution is 6.34. The Kier molecular flexibility index (Phi) is 2.36. The van der Waals surface area contributed by atoms with E-state index in [1.807, 2.05) is 6.92 Å². The van der Waals surface area contributed by atoms with Crippen LogP contribution in [-0.4, -0.2) is 20.9 Å². The third kappa shape index (κ3) is 1.57. The molecule has 0 aliphatic rings. The lowest BCUT2D eigenvalue weighted by molar-refractivity contribution is 0.0697. The number of aryl methyl sites for hydroxylation is 1.